The number of hydrogen-bond acceptors (Lipinski definition) is 4. The number of amides is 1. The van der Waals surface area contributed by atoms with Crippen LogP contribution in [0.2, 0.25) is 0 Å². The monoisotopic (exact) mass is 510 g/mol. The number of H-pyrrole nitrogens is 1. The van der Waals surface area contributed by atoms with Crippen LogP contribution in [0, 0.1) is 0 Å². The van der Waals surface area contributed by atoms with Gasteiger partial charge in [0, 0.05) is 28.7 Å². The number of hydrogen-bond donors (Lipinski definition) is 1. The van der Waals surface area contributed by atoms with Crippen LogP contribution in [0.1, 0.15) is 33.2 Å². The molecule has 1 atom stereocenters. The quantitative estimate of drug-likeness (QED) is 0.330. The number of ether oxygens (including phenoxy) is 3. The highest BCUT2D eigenvalue weighted by Gasteiger charge is 2.35. The van der Waals surface area contributed by atoms with Crippen LogP contribution < -0.4 is 9.47 Å². The van der Waals surface area contributed by atoms with Gasteiger partial charge in [0.1, 0.15) is 11.5 Å². The number of fused-ring (bicyclic) bond motifs is 3. The third-order valence-electron chi connectivity index (χ3n) is 6.44. The molecule has 1 aliphatic heterocycles. The SMILES string of the molecule is COc1ccc2[nH]c3c(c2c1)CCN(C(=O)c1ccc(OC(F)(F)F)cc1)C3COCc1ccccc1. The van der Waals surface area contributed by atoms with Crippen molar-refractivity contribution in [2.45, 2.75) is 25.4 Å². The molecular formula is C28H25F3N2O4. The lowest BCUT2D eigenvalue weighted by Gasteiger charge is -2.36. The molecule has 1 N–H and O–H groups in total. The van der Waals surface area contributed by atoms with Crippen LogP contribution in [0.4, 0.5) is 13.2 Å². The Balaban J connectivity index is 1.43. The van der Waals surface area contributed by atoms with Crippen LogP contribution in [0.15, 0.2) is 72.8 Å². The van der Waals surface area contributed by atoms with Crippen molar-refractivity contribution >= 4 is 16.8 Å². The molecule has 0 spiro atoms. The van der Waals surface area contributed by atoms with Gasteiger partial charge in [-0.15, -0.1) is 13.2 Å². The van der Waals surface area contributed by atoms with Gasteiger partial charge < -0.3 is 24.1 Å². The molecule has 1 aromatic heterocycles. The molecule has 4 aromatic rings. The average Bonchev–Trinajstić information content (AvgIpc) is 3.26. The van der Waals surface area contributed by atoms with Crippen molar-refractivity contribution in [2.75, 3.05) is 20.3 Å². The average molecular weight is 511 g/mol. The van der Waals surface area contributed by atoms with E-state index in [9.17, 15) is 18.0 Å². The Bertz CT molecular complexity index is 1380. The Morgan fingerprint density at radius 1 is 1.03 bits per heavy atom. The summed E-state index contributed by atoms with van der Waals surface area (Å²) in [4.78, 5) is 18.7. The first-order chi connectivity index (χ1) is 17.8. The van der Waals surface area contributed by atoms with E-state index in [2.05, 4.69) is 9.72 Å². The van der Waals surface area contributed by atoms with Crippen molar-refractivity contribution in [1.82, 2.24) is 9.88 Å². The van der Waals surface area contributed by atoms with Gasteiger partial charge in [0.25, 0.3) is 5.91 Å². The fourth-order valence-corrected chi connectivity index (χ4v) is 4.72. The zero-order chi connectivity index (χ0) is 26.0. The number of aromatic amines is 1. The summed E-state index contributed by atoms with van der Waals surface area (Å²) in [5.41, 5.74) is 4.19. The van der Waals surface area contributed by atoms with Crippen molar-refractivity contribution in [1.29, 1.82) is 0 Å². The van der Waals surface area contributed by atoms with E-state index in [0.29, 0.717) is 19.6 Å². The topological polar surface area (TPSA) is 63.8 Å². The van der Waals surface area contributed by atoms with Gasteiger partial charge in [-0.2, -0.15) is 0 Å². The molecule has 192 valence electrons. The molecule has 5 rings (SSSR count). The number of nitrogens with one attached hydrogen (secondary N) is 1. The van der Waals surface area contributed by atoms with Crippen molar-refractivity contribution < 1.29 is 32.2 Å². The number of nitrogens with zero attached hydrogens (tertiary/aromatic N) is 1. The van der Waals surface area contributed by atoms with Gasteiger partial charge in [-0.05, 0) is 60.0 Å². The highest BCUT2D eigenvalue weighted by Crippen LogP contribution is 2.37. The van der Waals surface area contributed by atoms with Crippen LogP contribution in [0.5, 0.6) is 11.5 Å². The molecule has 0 saturated carbocycles. The van der Waals surface area contributed by atoms with Gasteiger partial charge in [0.15, 0.2) is 0 Å². The number of aromatic nitrogens is 1. The van der Waals surface area contributed by atoms with E-state index in [1.165, 1.54) is 12.1 Å². The minimum absolute atomic E-state index is 0.243. The van der Waals surface area contributed by atoms with Gasteiger partial charge in [-0.3, -0.25) is 4.79 Å². The van der Waals surface area contributed by atoms with E-state index in [0.717, 1.165) is 45.6 Å². The number of carbonyl (C=O) groups excluding carboxylic acids is 1. The largest absolute Gasteiger partial charge is 0.573 e. The standard InChI is InChI=1S/C28H25F3N2O4/c1-35-21-11-12-24-23(15-21)22-13-14-33(27(34)19-7-9-20(10-8-19)37-28(29,30)31)25(26(22)32-24)17-36-16-18-5-3-2-4-6-18/h2-12,15,25,32H,13-14,16-17H2,1H3. The second-order valence-electron chi connectivity index (χ2n) is 8.77. The molecule has 1 amide bonds. The molecule has 0 aliphatic carbocycles. The molecule has 3 aromatic carbocycles. The van der Waals surface area contributed by atoms with Gasteiger partial charge in [-0.1, -0.05) is 30.3 Å². The Kier molecular flexibility index (Phi) is 6.80. The Morgan fingerprint density at radius 2 is 1.76 bits per heavy atom. The summed E-state index contributed by atoms with van der Waals surface area (Å²) in [5.74, 6) is 0.0666. The van der Waals surface area contributed by atoms with E-state index in [-0.39, 0.29) is 23.8 Å². The number of alkyl halides is 3. The first-order valence-corrected chi connectivity index (χ1v) is 11.8. The van der Waals surface area contributed by atoms with Crippen LogP contribution in [-0.2, 0) is 17.8 Å². The maximum absolute atomic E-state index is 13.5. The summed E-state index contributed by atoms with van der Waals surface area (Å²) in [7, 11) is 1.62. The van der Waals surface area contributed by atoms with E-state index in [4.69, 9.17) is 9.47 Å². The van der Waals surface area contributed by atoms with Gasteiger partial charge in [0.05, 0.1) is 26.4 Å². The molecule has 9 heteroatoms. The zero-order valence-corrected chi connectivity index (χ0v) is 20.0. The lowest BCUT2D eigenvalue weighted by Crippen LogP contribution is -2.42. The van der Waals surface area contributed by atoms with E-state index in [1.807, 2.05) is 48.5 Å². The molecule has 0 fully saturated rings. The molecule has 6 nitrogen and oxygen atoms in total. The molecule has 37 heavy (non-hydrogen) atoms. The number of rotatable bonds is 7. The second-order valence-corrected chi connectivity index (χ2v) is 8.77. The molecule has 1 unspecified atom stereocenters. The zero-order valence-electron chi connectivity index (χ0n) is 20.0. The smallest absolute Gasteiger partial charge is 0.497 e. The highest BCUT2D eigenvalue weighted by molar-refractivity contribution is 5.95. The van der Waals surface area contributed by atoms with Crippen LogP contribution in [-0.4, -0.2) is 42.4 Å². The third-order valence-corrected chi connectivity index (χ3v) is 6.44. The highest BCUT2D eigenvalue weighted by atomic mass is 19.4. The normalized spacial score (nSPS) is 15.5. The summed E-state index contributed by atoms with van der Waals surface area (Å²) in [5, 5.41) is 1.03. The van der Waals surface area contributed by atoms with Crippen molar-refractivity contribution in [3.8, 4) is 11.5 Å². The van der Waals surface area contributed by atoms with Gasteiger partial charge in [-0.25, -0.2) is 0 Å². The predicted molar refractivity (Wildman–Crippen MR) is 132 cm³/mol. The molecule has 0 saturated heterocycles. The lowest BCUT2D eigenvalue weighted by molar-refractivity contribution is -0.274. The molecule has 2 heterocycles. The third kappa shape index (κ3) is 5.41. The van der Waals surface area contributed by atoms with Crippen molar-refractivity contribution in [3.05, 3.63) is 95.2 Å². The Hall–Kier alpha value is -3.98. The summed E-state index contributed by atoms with van der Waals surface area (Å²) in [6, 6.07) is 20.1. The fourth-order valence-electron chi connectivity index (χ4n) is 4.72. The second kappa shape index (κ2) is 10.2. The van der Waals surface area contributed by atoms with Crippen molar-refractivity contribution in [2.24, 2.45) is 0 Å². The molecule has 0 bridgehead atoms. The van der Waals surface area contributed by atoms with E-state index >= 15 is 0 Å². The maximum atomic E-state index is 13.5. The number of methoxy groups -OCH3 is 1. The van der Waals surface area contributed by atoms with E-state index in [1.54, 1.807) is 12.0 Å². The summed E-state index contributed by atoms with van der Waals surface area (Å²) < 4.78 is 53.0. The first kappa shape index (κ1) is 24.7. The molecular weight excluding hydrogens is 485 g/mol. The van der Waals surface area contributed by atoms with Crippen LogP contribution >= 0.6 is 0 Å². The van der Waals surface area contributed by atoms with Crippen LogP contribution in [0.25, 0.3) is 10.9 Å². The first-order valence-electron chi connectivity index (χ1n) is 11.8. The Labute approximate surface area is 211 Å². The van der Waals surface area contributed by atoms with E-state index < -0.39 is 12.4 Å². The fraction of sp³-hybridized carbons (Fsp3) is 0.250. The van der Waals surface area contributed by atoms with Crippen LogP contribution in [0.3, 0.4) is 0 Å². The minimum atomic E-state index is -4.80. The maximum Gasteiger partial charge on any atom is 0.573 e. The molecule has 1 aliphatic rings. The minimum Gasteiger partial charge on any atom is -0.497 e. The summed E-state index contributed by atoms with van der Waals surface area (Å²) in [6.45, 7) is 1.05. The molecule has 0 radical (unpaired) electrons. The summed E-state index contributed by atoms with van der Waals surface area (Å²) in [6.07, 6.45) is -4.19. The number of halogens is 3. The Morgan fingerprint density at radius 3 is 2.46 bits per heavy atom. The van der Waals surface area contributed by atoms with Gasteiger partial charge >= 0.3 is 6.36 Å². The number of benzene rings is 3. The number of carbonyl (C=O) groups is 1. The van der Waals surface area contributed by atoms with Crippen molar-refractivity contribution in [3.63, 3.8) is 0 Å². The predicted octanol–water partition coefficient (Wildman–Crippen LogP) is 6.03. The van der Waals surface area contributed by atoms with Gasteiger partial charge in [0.2, 0.25) is 0 Å². The summed E-state index contributed by atoms with van der Waals surface area (Å²) >= 11 is 0. The lowest BCUT2D eigenvalue weighted by atomic mass is 9.96.